The molecule has 0 aromatic heterocycles. The van der Waals surface area contributed by atoms with Gasteiger partial charge < -0.3 is 24.8 Å². The maximum absolute atomic E-state index is 5.69. The number of aliphatic imine (C=N–C) groups is 1. The largest absolute Gasteiger partial charge is 0.489 e. The second kappa shape index (κ2) is 13.2. The van der Waals surface area contributed by atoms with Gasteiger partial charge in [-0.3, -0.25) is 0 Å². The van der Waals surface area contributed by atoms with Gasteiger partial charge in [0, 0.05) is 31.9 Å². The van der Waals surface area contributed by atoms with E-state index in [9.17, 15) is 0 Å². The summed E-state index contributed by atoms with van der Waals surface area (Å²) in [7, 11) is 0. The van der Waals surface area contributed by atoms with Gasteiger partial charge in [-0.25, -0.2) is 4.99 Å². The van der Waals surface area contributed by atoms with Crippen LogP contribution in [0.5, 0.6) is 5.75 Å². The van der Waals surface area contributed by atoms with E-state index in [1.54, 1.807) is 6.08 Å². The highest BCUT2D eigenvalue weighted by Gasteiger charge is 2.14. The molecule has 0 spiro atoms. The first kappa shape index (κ1) is 21.3. The molecule has 1 aromatic rings. The first-order valence-corrected chi connectivity index (χ1v) is 9.86. The highest BCUT2D eigenvalue weighted by Crippen LogP contribution is 2.18. The highest BCUT2D eigenvalue weighted by molar-refractivity contribution is 5.79. The van der Waals surface area contributed by atoms with Crippen molar-refractivity contribution in [3.8, 4) is 5.75 Å². The lowest BCUT2D eigenvalue weighted by Gasteiger charge is -2.13. The molecule has 1 fully saturated rings. The van der Waals surface area contributed by atoms with E-state index in [2.05, 4.69) is 29.1 Å². The van der Waals surface area contributed by atoms with E-state index in [0.717, 1.165) is 62.8 Å². The summed E-state index contributed by atoms with van der Waals surface area (Å²) in [5.41, 5.74) is 1.05. The molecule has 0 saturated carbocycles. The van der Waals surface area contributed by atoms with Crippen molar-refractivity contribution in [1.82, 2.24) is 10.6 Å². The van der Waals surface area contributed by atoms with Crippen LogP contribution in [0.2, 0.25) is 0 Å². The van der Waals surface area contributed by atoms with Gasteiger partial charge >= 0.3 is 0 Å². The standard InChI is InChI=1S/C21H33N3O3/c1-3-13-27-20-11-6-5-9-18(20)16-24-21(22-4-2)23-12-8-14-25-17-19-10-7-15-26-19/h3,5-6,9,11,19H,1,4,7-8,10,12-17H2,2H3,(H2,22,23,24). The Bertz CT molecular complexity index is 572. The number of hydrogen-bond donors (Lipinski definition) is 2. The Morgan fingerprint density at radius 1 is 1.37 bits per heavy atom. The number of nitrogens with zero attached hydrogens (tertiary/aromatic N) is 1. The van der Waals surface area contributed by atoms with Crippen LogP contribution in [0, 0.1) is 0 Å². The van der Waals surface area contributed by atoms with Gasteiger partial charge in [0.05, 0.1) is 19.3 Å². The second-order valence-electron chi connectivity index (χ2n) is 6.39. The Labute approximate surface area is 163 Å². The summed E-state index contributed by atoms with van der Waals surface area (Å²) in [4.78, 5) is 4.66. The van der Waals surface area contributed by atoms with Crippen LogP contribution in [0.1, 0.15) is 31.7 Å². The molecule has 1 aliphatic heterocycles. The summed E-state index contributed by atoms with van der Waals surface area (Å²) in [6.07, 6.45) is 5.23. The molecular weight excluding hydrogens is 342 g/mol. The first-order valence-electron chi connectivity index (χ1n) is 9.86. The minimum absolute atomic E-state index is 0.292. The molecule has 1 saturated heterocycles. The molecule has 1 aliphatic rings. The molecule has 150 valence electrons. The van der Waals surface area contributed by atoms with Crippen molar-refractivity contribution >= 4 is 5.96 Å². The van der Waals surface area contributed by atoms with Gasteiger partial charge in [-0.15, -0.1) is 0 Å². The lowest BCUT2D eigenvalue weighted by atomic mass is 10.2. The fourth-order valence-corrected chi connectivity index (χ4v) is 2.80. The average molecular weight is 376 g/mol. The van der Waals surface area contributed by atoms with Crippen molar-refractivity contribution in [3.05, 3.63) is 42.5 Å². The third-order valence-electron chi connectivity index (χ3n) is 4.17. The zero-order valence-corrected chi connectivity index (χ0v) is 16.4. The van der Waals surface area contributed by atoms with Crippen molar-refractivity contribution in [3.63, 3.8) is 0 Å². The topological polar surface area (TPSA) is 64.1 Å². The number of nitrogens with one attached hydrogen (secondary N) is 2. The summed E-state index contributed by atoms with van der Waals surface area (Å²) in [6, 6.07) is 7.95. The number of benzene rings is 1. The molecule has 2 N–H and O–H groups in total. The molecule has 0 amide bonds. The molecule has 6 nitrogen and oxygen atoms in total. The molecule has 0 bridgehead atoms. The number of hydrogen-bond acceptors (Lipinski definition) is 4. The van der Waals surface area contributed by atoms with Crippen LogP contribution < -0.4 is 15.4 Å². The maximum Gasteiger partial charge on any atom is 0.191 e. The Morgan fingerprint density at radius 2 is 2.26 bits per heavy atom. The molecule has 27 heavy (non-hydrogen) atoms. The van der Waals surface area contributed by atoms with Gasteiger partial charge in [0.15, 0.2) is 5.96 Å². The average Bonchev–Trinajstić information content (AvgIpc) is 3.21. The van der Waals surface area contributed by atoms with E-state index in [1.165, 1.54) is 0 Å². The minimum Gasteiger partial charge on any atom is -0.489 e. The van der Waals surface area contributed by atoms with Crippen LogP contribution >= 0.6 is 0 Å². The van der Waals surface area contributed by atoms with E-state index in [0.29, 0.717) is 25.9 Å². The molecule has 1 unspecified atom stereocenters. The summed E-state index contributed by atoms with van der Waals surface area (Å²) >= 11 is 0. The van der Waals surface area contributed by atoms with Gasteiger partial charge in [-0.05, 0) is 32.3 Å². The third-order valence-corrected chi connectivity index (χ3v) is 4.17. The molecule has 0 aliphatic carbocycles. The number of ether oxygens (including phenoxy) is 3. The third kappa shape index (κ3) is 8.45. The summed E-state index contributed by atoms with van der Waals surface area (Å²) in [5, 5.41) is 6.62. The lowest BCUT2D eigenvalue weighted by molar-refractivity contribution is 0.0168. The summed E-state index contributed by atoms with van der Waals surface area (Å²) in [5.74, 6) is 1.65. The molecular formula is C21H33N3O3. The molecule has 1 heterocycles. The van der Waals surface area contributed by atoms with E-state index < -0.39 is 0 Å². The highest BCUT2D eigenvalue weighted by atomic mass is 16.5. The monoisotopic (exact) mass is 375 g/mol. The van der Waals surface area contributed by atoms with Crippen molar-refractivity contribution in [2.45, 2.75) is 38.8 Å². The first-order chi connectivity index (χ1) is 13.3. The predicted molar refractivity (Wildman–Crippen MR) is 109 cm³/mol. The zero-order valence-electron chi connectivity index (χ0n) is 16.4. The van der Waals surface area contributed by atoms with Crippen molar-refractivity contribution in [1.29, 1.82) is 0 Å². The predicted octanol–water partition coefficient (Wildman–Crippen LogP) is 2.89. The SMILES string of the molecule is C=CCOc1ccccc1CN=C(NCC)NCCCOCC1CCCO1. The van der Waals surface area contributed by atoms with Crippen LogP contribution in [-0.4, -0.2) is 51.6 Å². The maximum atomic E-state index is 5.69. The fraction of sp³-hybridized carbons (Fsp3) is 0.571. The number of guanidine groups is 1. The van der Waals surface area contributed by atoms with Gasteiger partial charge in [-0.2, -0.15) is 0 Å². The van der Waals surface area contributed by atoms with Crippen LogP contribution in [0.25, 0.3) is 0 Å². The van der Waals surface area contributed by atoms with E-state index in [1.807, 2.05) is 24.3 Å². The smallest absolute Gasteiger partial charge is 0.191 e. The number of para-hydroxylation sites is 1. The van der Waals surface area contributed by atoms with Gasteiger partial charge in [-0.1, -0.05) is 30.9 Å². The lowest BCUT2D eigenvalue weighted by Crippen LogP contribution is -2.38. The van der Waals surface area contributed by atoms with Gasteiger partial charge in [0.2, 0.25) is 0 Å². The Hall–Kier alpha value is -2.05. The van der Waals surface area contributed by atoms with E-state index in [-0.39, 0.29) is 0 Å². The van der Waals surface area contributed by atoms with Crippen molar-refractivity contribution in [2.75, 3.05) is 39.5 Å². The van der Waals surface area contributed by atoms with Crippen LogP contribution in [0.15, 0.2) is 41.9 Å². The van der Waals surface area contributed by atoms with Crippen LogP contribution in [-0.2, 0) is 16.0 Å². The Kier molecular flexibility index (Phi) is 10.4. The molecule has 1 aromatic carbocycles. The summed E-state index contributed by atoms with van der Waals surface area (Å²) < 4.78 is 16.9. The van der Waals surface area contributed by atoms with Crippen molar-refractivity contribution in [2.24, 2.45) is 4.99 Å². The van der Waals surface area contributed by atoms with E-state index >= 15 is 0 Å². The Morgan fingerprint density at radius 3 is 3.04 bits per heavy atom. The fourth-order valence-electron chi connectivity index (χ4n) is 2.80. The van der Waals surface area contributed by atoms with E-state index in [4.69, 9.17) is 14.2 Å². The van der Waals surface area contributed by atoms with Crippen LogP contribution in [0.3, 0.4) is 0 Å². The van der Waals surface area contributed by atoms with Gasteiger partial charge in [0.1, 0.15) is 12.4 Å². The molecule has 0 radical (unpaired) electrons. The minimum atomic E-state index is 0.292. The number of rotatable bonds is 12. The normalized spacial score (nSPS) is 16.9. The van der Waals surface area contributed by atoms with Gasteiger partial charge in [0.25, 0.3) is 0 Å². The molecule has 1 atom stereocenters. The Balaban J connectivity index is 1.72. The quantitative estimate of drug-likeness (QED) is 0.255. The second-order valence-corrected chi connectivity index (χ2v) is 6.39. The van der Waals surface area contributed by atoms with Crippen molar-refractivity contribution < 1.29 is 14.2 Å². The molecule has 6 heteroatoms. The molecule has 2 rings (SSSR count). The summed E-state index contributed by atoms with van der Waals surface area (Å²) in [6.45, 7) is 10.7. The van der Waals surface area contributed by atoms with Crippen LogP contribution in [0.4, 0.5) is 0 Å². The zero-order chi connectivity index (χ0) is 19.2.